The minimum atomic E-state index is 0.0676. The first kappa shape index (κ1) is 14.1. The highest BCUT2D eigenvalue weighted by Crippen LogP contribution is 2.34. The van der Waals surface area contributed by atoms with Crippen molar-refractivity contribution >= 4 is 0 Å². The first-order chi connectivity index (χ1) is 9.54. The predicted molar refractivity (Wildman–Crippen MR) is 81.5 cm³/mol. The van der Waals surface area contributed by atoms with Gasteiger partial charge < -0.3 is 10.5 Å². The third-order valence-electron chi connectivity index (χ3n) is 4.75. The highest BCUT2D eigenvalue weighted by atomic mass is 16.5. The van der Waals surface area contributed by atoms with Crippen LogP contribution in [0.1, 0.15) is 38.3 Å². The zero-order valence-electron chi connectivity index (χ0n) is 12.6. The van der Waals surface area contributed by atoms with Crippen LogP contribution < -0.4 is 5.73 Å². The monoisotopic (exact) mass is 274 g/mol. The van der Waals surface area contributed by atoms with Crippen molar-refractivity contribution in [3.8, 4) is 0 Å². The molecule has 0 spiro atoms. The Labute approximate surface area is 122 Å². The van der Waals surface area contributed by atoms with Crippen LogP contribution in [0, 0.1) is 5.41 Å². The molecule has 3 heteroatoms. The van der Waals surface area contributed by atoms with Crippen LogP contribution in [0.4, 0.5) is 0 Å². The number of nitrogens with two attached hydrogens (primary N) is 1. The van der Waals surface area contributed by atoms with Crippen molar-refractivity contribution in [3.05, 3.63) is 35.9 Å². The maximum Gasteiger partial charge on any atom is 0.0707 e. The van der Waals surface area contributed by atoms with Crippen molar-refractivity contribution in [2.75, 3.05) is 19.6 Å². The van der Waals surface area contributed by atoms with Gasteiger partial charge in [-0.3, -0.25) is 4.90 Å². The lowest BCUT2D eigenvalue weighted by Crippen LogP contribution is -2.48. The van der Waals surface area contributed by atoms with Crippen molar-refractivity contribution in [1.82, 2.24) is 4.90 Å². The van der Waals surface area contributed by atoms with Crippen molar-refractivity contribution in [3.63, 3.8) is 0 Å². The zero-order chi connectivity index (χ0) is 14.2. The van der Waals surface area contributed by atoms with Gasteiger partial charge in [0.15, 0.2) is 0 Å². The lowest BCUT2D eigenvalue weighted by molar-refractivity contribution is -0.0497. The van der Waals surface area contributed by atoms with E-state index in [0.717, 1.165) is 19.6 Å². The highest BCUT2D eigenvalue weighted by molar-refractivity contribution is 5.20. The molecule has 2 heterocycles. The number of likely N-dealkylation sites (tertiary alicyclic amines) is 1. The summed E-state index contributed by atoms with van der Waals surface area (Å²) in [6, 6.07) is 10.5. The Hall–Kier alpha value is -0.900. The SMILES string of the molecule is CC(C)(CN1CC2CCC(C1)O2)C(N)c1ccccc1. The number of fused-ring (bicyclic) bond motifs is 2. The molecular weight excluding hydrogens is 248 g/mol. The molecule has 2 saturated heterocycles. The fourth-order valence-electron chi connectivity index (χ4n) is 3.61. The number of hydrogen-bond acceptors (Lipinski definition) is 3. The molecule has 2 N–H and O–H groups in total. The van der Waals surface area contributed by atoms with Gasteiger partial charge in [-0.1, -0.05) is 44.2 Å². The molecule has 2 fully saturated rings. The van der Waals surface area contributed by atoms with E-state index in [-0.39, 0.29) is 11.5 Å². The molecule has 110 valence electrons. The molecule has 3 atom stereocenters. The maximum absolute atomic E-state index is 6.52. The molecular formula is C17H26N2O. The van der Waals surface area contributed by atoms with E-state index in [1.54, 1.807) is 0 Å². The van der Waals surface area contributed by atoms with E-state index in [1.807, 2.05) is 6.07 Å². The topological polar surface area (TPSA) is 38.5 Å². The molecule has 20 heavy (non-hydrogen) atoms. The van der Waals surface area contributed by atoms with Gasteiger partial charge in [-0.05, 0) is 23.8 Å². The molecule has 2 bridgehead atoms. The Morgan fingerprint density at radius 1 is 1.20 bits per heavy atom. The summed E-state index contributed by atoms with van der Waals surface area (Å²) in [6.45, 7) is 7.74. The summed E-state index contributed by atoms with van der Waals surface area (Å²) in [5, 5.41) is 0. The van der Waals surface area contributed by atoms with Crippen LogP contribution in [0.5, 0.6) is 0 Å². The molecule has 0 saturated carbocycles. The van der Waals surface area contributed by atoms with Gasteiger partial charge in [-0.25, -0.2) is 0 Å². The van der Waals surface area contributed by atoms with Crippen LogP contribution in [-0.2, 0) is 4.74 Å². The smallest absolute Gasteiger partial charge is 0.0707 e. The Bertz CT molecular complexity index is 434. The average molecular weight is 274 g/mol. The molecule has 0 radical (unpaired) electrons. The number of rotatable bonds is 4. The van der Waals surface area contributed by atoms with Crippen LogP contribution in [-0.4, -0.2) is 36.7 Å². The molecule has 3 unspecified atom stereocenters. The molecule has 0 aliphatic carbocycles. The number of ether oxygens (including phenoxy) is 1. The van der Waals surface area contributed by atoms with E-state index < -0.39 is 0 Å². The van der Waals surface area contributed by atoms with Gasteiger partial charge in [0.2, 0.25) is 0 Å². The summed E-state index contributed by atoms with van der Waals surface area (Å²) >= 11 is 0. The molecule has 2 aliphatic rings. The maximum atomic E-state index is 6.52. The summed E-state index contributed by atoms with van der Waals surface area (Å²) < 4.78 is 5.91. The molecule has 1 aromatic carbocycles. The van der Waals surface area contributed by atoms with Gasteiger partial charge in [0.05, 0.1) is 12.2 Å². The molecule has 2 aliphatic heterocycles. The standard InChI is InChI=1S/C17H26N2O/c1-17(2,16(18)13-6-4-3-5-7-13)12-19-10-14-8-9-15(11-19)20-14/h3-7,14-16H,8-12,18H2,1-2H3. The van der Waals surface area contributed by atoms with Gasteiger partial charge in [-0.2, -0.15) is 0 Å². The summed E-state index contributed by atoms with van der Waals surface area (Å²) in [5.41, 5.74) is 7.81. The first-order valence-electron chi connectivity index (χ1n) is 7.73. The van der Waals surface area contributed by atoms with Crippen LogP contribution in [0.3, 0.4) is 0 Å². The van der Waals surface area contributed by atoms with Crippen LogP contribution in [0.15, 0.2) is 30.3 Å². The van der Waals surface area contributed by atoms with Gasteiger partial charge in [0.1, 0.15) is 0 Å². The Kier molecular flexibility index (Phi) is 3.85. The lowest BCUT2D eigenvalue weighted by atomic mass is 9.80. The van der Waals surface area contributed by atoms with E-state index in [0.29, 0.717) is 12.2 Å². The highest BCUT2D eigenvalue weighted by Gasteiger charge is 2.37. The van der Waals surface area contributed by atoms with Gasteiger partial charge in [0.25, 0.3) is 0 Å². The van der Waals surface area contributed by atoms with E-state index in [4.69, 9.17) is 10.5 Å². The van der Waals surface area contributed by atoms with Crippen LogP contribution in [0.25, 0.3) is 0 Å². The lowest BCUT2D eigenvalue weighted by Gasteiger charge is -2.40. The van der Waals surface area contributed by atoms with E-state index in [9.17, 15) is 0 Å². The predicted octanol–water partition coefficient (Wildman–Crippen LogP) is 2.58. The minimum absolute atomic E-state index is 0.0676. The molecule has 1 aromatic rings. The van der Waals surface area contributed by atoms with Crippen molar-refractivity contribution in [2.24, 2.45) is 11.1 Å². The normalized spacial score (nSPS) is 28.6. The third-order valence-corrected chi connectivity index (χ3v) is 4.75. The average Bonchev–Trinajstić information content (AvgIpc) is 2.77. The molecule has 3 nitrogen and oxygen atoms in total. The second-order valence-electron chi connectivity index (χ2n) is 7.03. The van der Waals surface area contributed by atoms with Crippen molar-refractivity contribution in [1.29, 1.82) is 0 Å². The van der Waals surface area contributed by atoms with E-state index in [2.05, 4.69) is 43.0 Å². The molecule has 0 aromatic heterocycles. The number of nitrogens with zero attached hydrogens (tertiary/aromatic N) is 1. The second-order valence-corrected chi connectivity index (χ2v) is 7.03. The Morgan fingerprint density at radius 3 is 2.40 bits per heavy atom. The van der Waals surface area contributed by atoms with Crippen LogP contribution >= 0.6 is 0 Å². The van der Waals surface area contributed by atoms with Gasteiger partial charge in [0, 0.05) is 25.7 Å². The number of hydrogen-bond donors (Lipinski definition) is 1. The molecule has 0 amide bonds. The largest absolute Gasteiger partial charge is 0.372 e. The fraction of sp³-hybridized carbons (Fsp3) is 0.647. The Balaban J connectivity index is 1.66. The summed E-state index contributed by atoms with van der Waals surface area (Å²) in [7, 11) is 0. The number of benzene rings is 1. The van der Waals surface area contributed by atoms with E-state index >= 15 is 0 Å². The summed E-state index contributed by atoms with van der Waals surface area (Å²) in [4.78, 5) is 2.55. The second kappa shape index (κ2) is 5.47. The summed E-state index contributed by atoms with van der Waals surface area (Å²) in [5.74, 6) is 0. The Morgan fingerprint density at radius 2 is 1.80 bits per heavy atom. The minimum Gasteiger partial charge on any atom is -0.372 e. The zero-order valence-corrected chi connectivity index (χ0v) is 12.6. The number of morpholine rings is 1. The summed E-state index contributed by atoms with van der Waals surface area (Å²) in [6.07, 6.45) is 3.37. The third kappa shape index (κ3) is 2.90. The fourth-order valence-corrected chi connectivity index (χ4v) is 3.61. The van der Waals surface area contributed by atoms with E-state index in [1.165, 1.54) is 18.4 Å². The van der Waals surface area contributed by atoms with Crippen molar-refractivity contribution in [2.45, 2.75) is 44.9 Å². The molecule has 3 rings (SSSR count). The van der Waals surface area contributed by atoms with Gasteiger partial charge >= 0.3 is 0 Å². The van der Waals surface area contributed by atoms with Crippen LogP contribution in [0.2, 0.25) is 0 Å². The quantitative estimate of drug-likeness (QED) is 0.917. The van der Waals surface area contributed by atoms with Gasteiger partial charge in [-0.15, -0.1) is 0 Å². The first-order valence-corrected chi connectivity index (χ1v) is 7.73. The van der Waals surface area contributed by atoms with Crippen molar-refractivity contribution < 1.29 is 4.74 Å².